The normalized spacial score (nSPS) is 14.5. The number of para-hydroxylation sites is 1. The molecule has 0 aliphatic carbocycles. The van der Waals surface area contributed by atoms with E-state index in [0.29, 0.717) is 12.1 Å². The van der Waals surface area contributed by atoms with E-state index in [0.717, 1.165) is 49.0 Å². The number of carbonyl (C=O) groups excluding carboxylic acids is 1. The number of piperazine rings is 1. The third kappa shape index (κ3) is 5.21. The van der Waals surface area contributed by atoms with Crippen LogP contribution in [0.4, 0.5) is 5.69 Å². The summed E-state index contributed by atoms with van der Waals surface area (Å²) in [4.78, 5) is 17.2. The van der Waals surface area contributed by atoms with E-state index >= 15 is 0 Å². The van der Waals surface area contributed by atoms with Gasteiger partial charge in [0.25, 0.3) is 5.91 Å². The Hall–Kier alpha value is -2.82. The highest BCUT2D eigenvalue weighted by atomic mass is 35.5. The predicted molar refractivity (Wildman–Crippen MR) is 123 cm³/mol. The van der Waals surface area contributed by atoms with Gasteiger partial charge in [0.1, 0.15) is 0 Å². The third-order valence-electron chi connectivity index (χ3n) is 5.48. The summed E-state index contributed by atoms with van der Waals surface area (Å²) in [6.45, 7) is 5.34. The van der Waals surface area contributed by atoms with E-state index < -0.39 is 0 Å². The molecule has 4 rings (SSSR count). The predicted octanol–water partition coefficient (Wildman–Crippen LogP) is 4.59. The minimum Gasteiger partial charge on any atom is -0.368 e. The second kappa shape index (κ2) is 9.79. The largest absolute Gasteiger partial charge is 0.368 e. The molecule has 0 atom stereocenters. The molecule has 1 aliphatic rings. The quantitative estimate of drug-likeness (QED) is 0.634. The van der Waals surface area contributed by atoms with Gasteiger partial charge in [0.15, 0.2) is 0 Å². The molecule has 1 fully saturated rings. The zero-order valence-corrected chi connectivity index (χ0v) is 17.7. The van der Waals surface area contributed by atoms with Crippen LogP contribution in [0.3, 0.4) is 0 Å². The number of amides is 1. The monoisotopic (exact) mass is 419 g/mol. The first kappa shape index (κ1) is 20.5. The summed E-state index contributed by atoms with van der Waals surface area (Å²) < 4.78 is 0. The lowest BCUT2D eigenvalue weighted by molar-refractivity contribution is 0.0951. The summed E-state index contributed by atoms with van der Waals surface area (Å²) in [6.07, 6.45) is 0. The first-order valence-corrected chi connectivity index (χ1v) is 10.7. The maximum absolute atomic E-state index is 12.4. The molecule has 3 aromatic rings. The number of nitrogens with zero attached hydrogens (tertiary/aromatic N) is 2. The van der Waals surface area contributed by atoms with E-state index in [4.69, 9.17) is 11.6 Å². The van der Waals surface area contributed by atoms with E-state index in [-0.39, 0.29) is 5.91 Å². The Kier molecular flexibility index (Phi) is 6.67. The van der Waals surface area contributed by atoms with Crippen LogP contribution in [-0.2, 0) is 13.1 Å². The highest BCUT2D eigenvalue weighted by molar-refractivity contribution is 6.33. The highest BCUT2D eigenvalue weighted by Crippen LogP contribution is 2.26. The van der Waals surface area contributed by atoms with Gasteiger partial charge in [0, 0.05) is 44.8 Å². The average Bonchev–Trinajstić information content (AvgIpc) is 2.80. The number of carbonyl (C=O) groups is 1. The van der Waals surface area contributed by atoms with Crippen LogP contribution in [-0.4, -0.2) is 37.0 Å². The van der Waals surface area contributed by atoms with Gasteiger partial charge in [-0.3, -0.25) is 9.69 Å². The molecule has 5 heteroatoms. The van der Waals surface area contributed by atoms with Crippen molar-refractivity contribution in [1.82, 2.24) is 10.2 Å². The standard InChI is InChI=1S/C25H26ClN3O/c26-23-8-4-5-9-24(23)29-16-14-28(15-17-29)19-21-10-12-22(13-11-21)25(30)27-18-20-6-2-1-3-7-20/h1-13H,14-19H2,(H,27,30). The van der Waals surface area contributed by atoms with Gasteiger partial charge in [-0.05, 0) is 35.4 Å². The zero-order chi connectivity index (χ0) is 20.8. The molecule has 1 saturated heterocycles. The number of rotatable bonds is 6. The van der Waals surface area contributed by atoms with Crippen molar-refractivity contribution in [2.24, 2.45) is 0 Å². The molecule has 1 heterocycles. The molecule has 1 N–H and O–H groups in total. The Morgan fingerprint density at radius 1 is 0.800 bits per heavy atom. The third-order valence-corrected chi connectivity index (χ3v) is 5.80. The molecule has 1 aliphatic heterocycles. The first-order chi connectivity index (χ1) is 14.7. The molecule has 0 saturated carbocycles. The van der Waals surface area contributed by atoms with E-state index in [2.05, 4.69) is 33.3 Å². The molecule has 0 unspecified atom stereocenters. The second-order valence-corrected chi connectivity index (χ2v) is 7.99. The minimum absolute atomic E-state index is 0.0428. The first-order valence-electron chi connectivity index (χ1n) is 10.3. The van der Waals surface area contributed by atoms with E-state index in [1.54, 1.807) is 0 Å². The van der Waals surface area contributed by atoms with Gasteiger partial charge in [0.05, 0.1) is 10.7 Å². The maximum Gasteiger partial charge on any atom is 0.251 e. The maximum atomic E-state index is 12.4. The Morgan fingerprint density at radius 2 is 1.47 bits per heavy atom. The summed E-state index contributed by atoms with van der Waals surface area (Å²) in [6, 6.07) is 25.9. The van der Waals surface area contributed by atoms with Crippen LogP contribution >= 0.6 is 11.6 Å². The van der Waals surface area contributed by atoms with E-state index in [1.807, 2.05) is 60.7 Å². The van der Waals surface area contributed by atoms with E-state index in [1.165, 1.54) is 5.56 Å². The number of anilines is 1. The molecular weight excluding hydrogens is 394 g/mol. The molecule has 0 radical (unpaired) electrons. The lowest BCUT2D eigenvalue weighted by Gasteiger charge is -2.36. The molecule has 30 heavy (non-hydrogen) atoms. The smallest absolute Gasteiger partial charge is 0.251 e. The fraction of sp³-hybridized carbons (Fsp3) is 0.240. The molecule has 3 aromatic carbocycles. The second-order valence-electron chi connectivity index (χ2n) is 7.58. The van der Waals surface area contributed by atoms with Crippen LogP contribution < -0.4 is 10.2 Å². The number of benzene rings is 3. The van der Waals surface area contributed by atoms with Gasteiger partial charge >= 0.3 is 0 Å². The van der Waals surface area contributed by atoms with Crippen LogP contribution in [0, 0.1) is 0 Å². The van der Waals surface area contributed by atoms with Crippen LogP contribution in [0.2, 0.25) is 5.02 Å². The van der Waals surface area contributed by atoms with Crippen molar-refractivity contribution in [2.75, 3.05) is 31.1 Å². The Labute approximate surface area is 183 Å². The summed E-state index contributed by atoms with van der Waals surface area (Å²) in [5, 5.41) is 3.79. The van der Waals surface area contributed by atoms with Gasteiger partial charge in [-0.1, -0.05) is 66.2 Å². The molecule has 154 valence electrons. The lowest BCUT2D eigenvalue weighted by Crippen LogP contribution is -2.46. The fourth-order valence-electron chi connectivity index (χ4n) is 3.76. The summed E-state index contributed by atoms with van der Waals surface area (Å²) in [7, 11) is 0. The minimum atomic E-state index is -0.0428. The molecular formula is C25H26ClN3O. The average molecular weight is 420 g/mol. The van der Waals surface area contributed by atoms with Gasteiger partial charge in [-0.2, -0.15) is 0 Å². The van der Waals surface area contributed by atoms with Gasteiger partial charge in [0.2, 0.25) is 0 Å². The van der Waals surface area contributed by atoms with E-state index in [9.17, 15) is 4.79 Å². The van der Waals surface area contributed by atoms with Gasteiger partial charge in [-0.25, -0.2) is 0 Å². The number of hydrogen-bond donors (Lipinski definition) is 1. The number of nitrogens with one attached hydrogen (secondary N) is 1. The Bertz CT molecular complexity index is 967. The highest BCUT2D eigenvalue weighted by Gasteiger charge is 2.18. The Balaban J connectivity index is 1.27. The summed E-state index contributed by atoms with van der Waals surface area (Å²) in [5.41, 5.74) is 4.13. The summed E-state index contributed by atoms with van der Waals surface area (Å²) in [5.74, 6) is -0.0428. The van der Waals surface area contributed by atoms with Crippen molar-refractivity contribution in [3.63, 3.8) is 0 Å². The summed E-state index contributed by atoms with van der Waals surface area (Å²) >= 11 is 6.33. The number of hydrogen-bond acceptors (Lipinski definition) is 3. The lowest BCUT2D eigenvalue weighted by atomic mass is 10.1. The molecule has 0 spiro atoms. The van der Waals surface area contributed by atoms with Crippen LogP contribution in [0.25, 0.3) is 0 Å². The SMILES string of the molecule is O=C(NCc1ccccc1)c1ccc(CN2CCN(c3ccccc3Cl)CC2)cc1. The van der Waals surface area contributed by atoms with Crippen LogP contribution in [0.5, 0.6) is 0 Å². The van der Waals surface area contributed by atoms with Crippen molar-refractivity contribution in [1.29, 1.82) is 0 Å². The zero-order valence-electron chi connectivity index (χ0n) is 16.9. The molecule has 1 amide bonds. The van der Waals surface area contributed by atoms with Crippen molar-refractivity contribution < 1.29 is 4.79 Å². The van der Waals surface area contributed by atoms with Crippen molar-refractivity contribution in [2.45, 2.75) is 13.1 Å². The van der Waals surface area contributed by atoms with Crippen LogP contribution in [0.15, 0.2) is 78.9 Å². The van der Waals surface area contributed by atoms with Crippen LogP contribution in [0.1, 0.15) is 21.5 Å². The molecule has 0 bridgehead atoms. The van der Waals surface area contributed by atoms with Crippen molar-refractivity contribution in [3.8, 4) is 0 Å². The molecule has 0 aromatic heterocycles. The Morgan fingerprint density at radius 3 is 2.17 bits per heavy atom. The van der Waals surface area contributed by atoms with Gasteiger partial charge < -0.3 is 10.2 Å². The topological polar surface area (TPSA) is 35.6 Å². The molecule has 4 nitrogen and oxygen atoms in total. The van der Waals surface area contributed by atoms with Crippen molar-refractivity contribution in [3.05, 3.63) is 101 Å². The van der Waals surface area contributed by atoms with Crippen molar-refractivity contribution >= 4 is 23.2 Å². The van der Waals surface area contributed by atoms with Gasteiger partial charge in [-0.15, -0.1) is 0 Å². The fourth-order valence-corrected chi connectivity index (χ4v) is 4.01. The number of halogens is 1.